The van der Waals surface area contributed by atoms with Crippen LogP contribution in [0.3, 0.4) is 0 Å². The van der Waals surface area contributed by atoms with Gasteiger partial charge in [-0.05, 0) is 13.1 Å². The summed E-state index contributed by atoms with van der Waals surface area (Å²) in [5.41, 5.74) is 0.897. The van der Waals surface area contributed by atoms with Gasteiger partial charge >= 0.3 is 0 Å². The van der Waals surface area contributed by atoms with E-state index < -0.39 is 0 Å². The lowest BCUT2D eigenvalue weighted by molar-refractivity contribution is -0.0362. The van der Waals surface area contributed by atoms with E-state index in [1.807, 2.05) is 12.3 Å². The molecule has 0 aliphatic carbocycles. The fourth-order valence-electron chi connectivity index (χ4n) is 3.14. The van der Waals surface area contributed by atoms with E-state index in [0.29, 0.717) is 12.1 Å². The molecule has 4 heterocycles. The van der Waals surface area contributed by atoms with Crippen molar-refractivity contribution in [2.45, 2.75) is 12.1 Å². The van der Waals surface area contributed by atoms with Crippen molar-refractivity contribution in [2.24, 2.45) is 0 Å². The summed E-state index contributed by atoms with van der Waals surface area (Å²) in [5.74, 6) is 1.01. The first-order valence-electron chi connectivity index (χ1n) is 6.68. The van der Waals surface area contributed by atoms with Gasteiger partial charge in [0.15, 0.2) is 0 Å². The van der Waals surface area contributed by atoms with Crippen LogP contribution in [0.15, 0.2) is 18.6 Å². The first-order valence-corrected chi connectivity index (χ1v) is 6.68. The molecule has 0 spiro atoms. The van der Waals surface area contributed by atoms with Gasteiger partial charge in [0.2, 0.25) is 0 Å². The number of ether oxygens (including phenoxy) is 1. The van der Waals surface area contributed by atoms with Crippen molar-refractivity contribution < 1.29 is 4.74 Å². The number of hydrogen-bond donors (Lipinski definition) is 1. The highest BCUT2D eigenvalue weighted by Crippen LogP contribution is 2.29. The van der Waals surface area contributed by atoms with Crippen molar-refractivity contribution in [1.29, 1.82) is 0 Å². The third-order valence-corrected chi connectivity index (χ3v) is 4.21. The molecule has 2 aromatic rings. The maximum Gasteiger partial charge on any atom is 0.142 e. The first kappa shape index (κ1) is 11.2. The van der Waals surface area contributed by atoms with E-state index >= 15 is 0 Å². The van der Waals surface area contributed by atoms with Crippen molar-refractivity contribution in [3.05, 3.63) is 18.6 Å². The third-order valence-electron chi connectivity index (χ3n) is 4.21. The molecule has 0 bridgehead atoms. The zero-order valence-electron chi connectivity index (χ0n) is 10.9. The maximum atomic E-state index is 5.88. The average Bonchev–Trinajstić information content (AvgIpc) is 3.05. The molecular weight excluding hydrogens is 242 g/mol. The predicted molar refractivity (Wildman–Crippen MR) is 72.3 cm³/mol. The minimum Gasteiger partial charge on any atom is -0.373 e. The van der Waals surface area contributed by atoms with Crippen molar-refractivity contribution >= 4 is 16.9 Å². The van der Waals surface area contributed by atoms with E-state index in [1.54, 1.807) is 6.33 Å². The van der Waals surface area contributed by atoms with Crippen LogP contribution in [-0.4, -0.2) is 65.3 Å². The van der Waals surface area contributed by atoms with Crippen molar-refractivity contribution in [2.75, 3.05) is 38.2 Å². The van der Waals surface area contributed by atoms with Crippen LogP contribution in [-0.2, 0) is 4.74 Å². The van der Waals surface area contributed by atoms with Gasteiger partial charge < -0.3 is 14.6 Å². The molecule has 0 saturated carbocycles. The van der Waals surface area contributed by atoms with Gasteiger partial charge in [-0.25, -0.2) is 9.97 Å². The summed E-state index contributed by atoms with van der Waals surface area (Å²) in [4.78, 5) is 16.6. The number of aromatic nitrogens is 3. The zero-order valence-corrected chi connectivity index (χ0v) is 10.9. The van der Waals surface area contributed by atoms with Crippen LogP contribution in [0.2, 0.25) is 0 Å². The van der Waals surface area contributed by atoms with E-state index in [-0.39, 0.29) is 0 Å². The van der Waals surface area contributed by atoms with Crippen LogP contribution in [0, 0.1) is 0 Å². The highest BCUT2D eigenvalue weighted by Gasteiger charge is 2.39. The Morgan fingerprint density at radius 3 is 3.21 bits per heavy atom. The number of fused-ring (bicyclic) bond motifs is 2. The van der Waals surface area contributed by atoms with Crippen LogP contribution in [0.4, 0.5) is 5.82 Å². The molecule has 0 amide bonds. The van der Waals surface area contributed by atoms with Gasteiger partial charge in [0.05, 0.1) is 24.1 Å². The molecule has 6 nitrogen and oxygen atoms in total. The van der Waals surface area contributed by atoms with E-state index in [2.05, 4.69) is 31.8 Å². The summed E-state index contributed by atoms with van der Waals surface area (Å²) in [6.45, 7) is 3.72. The highest BCUT2D eigenvalue weighted by atomic mass is 16.5. The molecule has 2 aliphatic heterocycles. The topological polar surface area (TPSA) is 57.3 Å². The molecule has 0 aromatic carbocycles. The molecule has 2 atom stereocenters. The van der Waals surface area contributed by atoms with Crippen LogP contribution < -0.4 is 4.90 Å². The number of anilines is 1. The van der Waals surface area contributed by atoms with Crippen LogP contribution >= 0.6 is 0 Å². The van der Waals surface area contributed by atoms with Crippen molar-refractivity contribution in [3.63, 3.8) is 0 Å². The lowest BCUT2D eigenvalue weighted by Crippen LogP contribution is -2.48. The first-order chi connectivity index (χ1) is 9.33. The summed E-state index contributed by atoms with van der Waals surface area (Å²) < 4.78 is 5.88. The summed E-state index contributed by atoms with van der Waals surface area (Å²) in [5, 5.41) is 1.09. The Morgan fingerprint density at radius 1 is 1.37 bits per heavy atom. The van der Waals surface area contributed by atoms with Gasteiger partial charge in [-0.2, -0.15) is 0 Å². The smallest absolute Gasteiger partial charge is 0.142 e. The van der Waals surface area contributed by atoms with E-state index in [0.717, 1.165) is 43.1 Å². The Balaban J connectivity index is 1.68. The standard InChI is InChI=1S/C13H17N5O/c1-17-4-5-19-11-7-18(6-10(11)17)13-9-2-3-14-12(9)15-8-16-13/h2-3,8,10-11H,4-7H2,1H3,(H,14,15,16). The molecule has 100 valence electrons. The summed E-state index contributed by atoms with van der Waals surface area (Å²) in [7, 11) is 2.18. The number of rotatable bonds is 1. The molecule has 2 aliphatic rings. The Morgan fingerprint density at radius 2 is 2.32 bits per heavy atom. The molecule has 6 heteroatoms. The Hall–Kier alpha value is -1.66. The maximum absolute atomic E-state index is 5.88. The van der Waals surface area contributed by atoms with E-state index in [1.165, 1.54) is 0 Å². The van der Waals surface area contributed by atoms with Gasteiger partial charge in [0.1, 0.15) is 17.8 Å². The molecule has 2 saturated heterocycles. The fraction of sp³-hybridized carbons (Fsp3) is 0.538. The van der Waals surface area contributed by atoms with E-state index in [9.17, 15) is 0 Å². The van der Waals surface area contributed by atoms with Crippen molar-refractivity contribution in [3.8, 4) is 0 Å². The van der Waals surface area contributed by atoms with E-state index in [4.69, 9.17) is 4.74 Å². The number of aromatic amines is 1. The molecule has 0 radical (unpaired) electrons. The molecule has 2 fully saturated rings. The van der Waals surface area contributed by atoms with Gasteiger partial charge in [-0.1, -0.05) is 0 Å². The Kier molecular flexibility index (Phi) is 2.46. The quantitative estimate of drug-likeness (QED) is 0.807. The minimum atomic E-state index is 0.294. The predicted octanol–water partition coefficient (Wildman–Crippen LogP) is 0.477. The summed E-state index contributed by atoms with van der Waals surface area (Å²) in [6.07, 6.45) is 3.83. The third kappa shape index (κ3) is 1.71. The SMILES string of the molecule is CN1CCOC2CN(c3ncnc4[nH]ccc34)CC21. The lowest BCUT2D eigenvalue weighted by atomic mass is 10.1. The van der Waals surface area contributed by atoms with Gasteiger partial charge in [0, 0.05) is 25.8 Å². The monoisotopic (exact) mass is 259 g/mol. The Labute approximate surface area is 111 Å². The number of nitrogens with one attached hydrogen (secondary N) is 1. The zero-order chi connectivity index (χ0) is 12.8. The molecule has 4 rings (SSSR count). The number of likely N-dealkylation sites (N-methyl/N-ethyl adjacent to an activating group) is 1. The van der Waals surface area contributed by atoms with Crippen molar-refractivity contribution in [1.82, 2.24) is 19.9 Å². The van der Waals surface area contributed by atoms with Crippen LogP contribution in [0.5, 0.6) is 0 Å². The number of H-pyrrole nitrogens is 1. The normalized spacial score (nSPS) is 27.9. The molecular formula is C13H17N5O. The second-order valence-corrected chi connectivity index (χ2v) is 5.30. The highest BCUT2D eigenvalue weighted by molar-refractivity contribution is 5.87. The van der Waals surface area contributed by atoms with Crippen LogP contribution in [0.25, 0.3) is 11.0 Å². The van der Waals surface area contributed by atoms with Gasteiger partial charge in [0.25, 0.3) is 0 Å². The van der Waals surface area contributed by atoms with Gasteiger partial charge in [-0.15, -0.1) is 0 Å². The Bertz CT molecular complexity index is 597. The number of nitrogens with zero attached hydrogens (tertiary/aromatic N) is 4. The molecule has 2 unspecified atom stereocenters. The minimum absolute atomic E-state index is 0.294. The number of hydrogen-bond acceptors (Lipinski definition) is 5. The lowest BCUT2D eigenvalue weighted by Gasteiger charge is -2.33. The second-order valence-electron chi connectivity index (χ2n) is 5.30. The second kappa shape index (κ2) is 4.18. The van der Waals surface area contributed by atoms with Crippen LogP contribution in [0.1, 0.15) is 0 Å². The fourth-order valence-corrected chi connectivity index (χ4v) is 3.14. The number of morpholine rings is 1. The van der Waals surface area contributed by atoms with Gasteiger partial charge in [-0.3, -0.25) is 4.90 Å². The molecule has 19 heavy (non-hydrogen) atoms. The summed E-state index contributed by atoms with van der Waals surface area (Å²) in [6, 6.07) is 2.51. The largest absolute Gasteiger partial charge is 0.373 e. The molecule has 2 aromatic heterocycles. The summed E-state index contributed by atoms with van der Waals surface area (Å²) >= 11 is 0. The average molecular weight is 259 g/mol. The molecule has 1 N–H and O–H groups in total.